The molecule has 2 aliphatic rings. The smallest absolute Gasteiger partial charge is 0.416 e. The summed E-state index contributed by atoms with van der Waals surface area (Å²) in [6.45, 7) is 0. The van der Waals surface area contributed by atoms with Crippen LogP contribution in [0.5, 0.6) is 0 Å². The number of nitrogens with one attached hydrogen (secondary N) is 1. The Morgan fingerprint density at radius 2 is 2.00 bits per heavy atom. The van der Waals surface area contributed by atoms with Gasteiger partial charge < -0.3 is 15.2 Å². The van der Waals surface area contributed by atoms with Crippen molar-refractivity contribution in [1.29, 1.82) is 0 Å². The number of fused-ring (bicyclic) bond motifs is 3. The highest BCUT2D eigenvalue weighted by Gasteiger charge is 2.41. The molecule has 0 saturated carbocycles. The van der Waals surface area contributed by atoms with Crippen molar-refractivity contribution in [2.45, 2.75) is 24.6 Å². The molecule has 3 nitrogen and oxygen atoms in total. The second-order valence-corrected chi connectivity index (χ2v) is 7.18. The van der Waals surface area contributed by atoms with Crippen LogP contribution in [-0.2, 0) is 6.18 Å². The topological polar surface area (TPSA) is 52.2 Å². The zero-order chi connectivity index (χ0) is 19.3. The van der Waals surface area contributed by atoms with Crippen LogP contribution < -0.4 is 10.4 Å². The van der Waals surface area contributed by atoms with Crippen molar-refractivity contribution in [1.82, 2.24) is 0 Å². The quantitative estimate of drug-likeness (QED) is 0.763. The van der Waals surface area contributed by atoms with Crippen LogP contribution in [-0.4, -0.2) is 5.97 Å². The molecule has 140 valence electrons. The monoisotopic (exact) mass is 392 g/mol. The highest BCUT2D eigenvalue weighted by molar-refractivity contribution is 6.33. The van der Waals surface area contributed by atoms with Crippen LogP contribution >= 0.6 is 11.6 Å². The Labute approximate surface area is 158 Å². The molecule has 2 aromatic carbocycles. The molecule has 0 spiro atoms. The number of anilines is 1. The lowest BCUT2D eigenvalue weighted by atomic mass is 9.75. The minimum Gasteiger partial charge on any atom is -0.545 e. The number of alkyl halides is 3. The summed E-state index contributed by atoms with van der Waals surface area (Å²) in [4.78, 5) is 11.5. The van der Waals surface area contributed by atoms with Crippen LogP contribution in [0.25, 0.3) is 0 Å². The van der Waals surface area contributed by atoms with Gasteiger partial charge in [-0.1, -0.05) is 42.0 Å². The van der Waals surface area contributed by atoms with E-state index in [0.29, 0.717) is 28.3 Å². The van der Waals surface area contributed by atoms with E-state index in [1.807, 2.05) is 12.2 Å². The van der Waals surface area contributed by atoms with E-state index < -0.39 is 23.8 Å². The van der Waals surface area contributed by atoms with Gasteiger partial charge in [0, 0.05) is 11.5 Å². The van der Waals surface area contributed by atoms with E-state index in [1.165, 1.54) is 18.2 Å². The van der Waals surface area contributed by atoms with Crippen LogP contribution in [0.1, 0.15) is 45.4 Å². The molecule has 4 rings (SSSR count). The van der Waals surface area contributed by atoms with E-state index in [9.17, 15) is 23.1 Å². The maximum atomic E-state index is 13.1. The number of benzene rings is 2. The first-order valence-electron chi connectivity index (χ1n) is 8.41. The highest BCUT2D eigenvalue weighted by atomic mass is 35.5. The number of carbonyl (C=O) groups is 1. The lowest BCUT2D eigenvalue weighted by Gasteiger charge is -2.39. The molecular formula is C20H14ClF3NO2-. The number of carbonyl (C=O) groups excluding carboxylic acids is 1. The van der Waals surface area contributed by atoms with Gasteiger partial charge >= 0.3 is 6.18 Å². The van der Waals surface area contributed by atoms with Gasteiger partial charge in [0.15, 0.2) is 0 Å². The summed E-state index contributed by atoms with van der Waals surface area (Å²) < 4.78 is 39.4. The van der Waals surface area contributed by atoms with Crippen molar-refractivity contribution in [3.63, 3.8) is 0 Å². The molecule has 0 fully saturated rings. The van der Waals surface area contributed by atoms with Crippen LogP contribution in [0, 0.1) is 5.92 Å². The summed E-state index contributed by atoms with van der Waals surface area (Å²) in [6.07, 6.45) is 0.00707. The molecule has 3 atom stereocenters. The number of hydrogen-bond acceptors (Lipinski definition) is 3. The molecule has 0 radical (unpaired) electrons. The average molecular weight is 393 g/mol. The molecule has 27 heavy (non-hydrogen) atoms. The van der Waals surface area contributed by atoms with Gasteiger partial charge in [-0.05, 0) is 41.7 Å². The molecule has 0 unspecified atom stereocenters. The van der Waals surface area contributed by atoms with Gasteiger partial charge in [0.25, 0.3) is 0 Å². The molecule has 2 aromatic rings. The Balaban J connectivity index is 1.84. The molecular weight excluding hydrogens is 379 g/mol. The molecule has 0 amide bonds. The van der Waals surface area contributed by atoms with Crippen LogP contribution in [0.2, 0.25) is 5.02 Å². The third-order valence-electron chi connectivity index (χ3n) is 5.26. The maximum absolute atomic E-state index is 13.1. The van der Waals surface area contributed by atoms with Crippen molar-refractivity contribution >= 4 is 23.3 Å². The van der Waals surface area contributed by atoms with E-state index >= 15 is 0 Å². The minimum absolute atomic E-state index is 0.0472. The first kappa shape index (κ1) is 17.9. The number of hydrogen-bond donors (Lipinski definition) is 1. The van der Waals surface area contributed by atoms with E-state index in [4.69, 9.17) is 11.6 Å². The fourth-order valence-electron chi connectivity index (χ4n) is 4.09. The van der Waals surface area contributed by atoms with E-state index in [2.05, 4.69) is 5.32 Å². The largest absolute Gasteiger partial charge is 0.545 e. The summed E-state index contributed by atoms with van der Waals surface area (Å²) in [5.74, 6) is -1.67. The third-order valence-corrected chi connectivity index (χ3v) is 5.58. The van der Waals surface area contributed by atoms with Crippen molar-refractivity contribution in [2.24, 2.45) is 5.92 Å². The lowest BCUT2D eigenvalue weighted by Crippen LogP contribution is -2.33. The van der Waals surface area contributed by atoms with E-state index in [0.717, 1.165) is 12.1 Å². The maximum Gasteiger partial charge on any atom is 0.416 e. The molecule has 1 N–H and O–H groups in total. The molecule has 1 heterocycles. The summed E-state index contributed by atoms with van der Waals surface area (Å²) in [5, 5.41) is 15.1. The summed E-state index contributed by atoms with van der Waals surface area (Å²) in [7, 11) is 0. The number of halogens is 4. The standard InChI is InChI=1S/C20H15ClF3NO2/c21-15-8-7-14(19(26)27)16-12-5-2-6-13(12)17(25-18(15)16)10-3-1-4-11(9-10)20(22,23)24/h1-5,7-9,12-13,17,25H,6H2,(H,26,27)/p-1/t12-,13+,17-/m0/s1. The normalized spacial score (nSPS) is 23.5. The second-order valence-electron chi connectivity index (χ2n) is 6.77. The fourth-order valence-corrected chi connectivity index (χ4v) is 4.31. The van der Waals surface area contributed by atoms with E-state index in [-0.39, 0.29) is 17.4 Å². The number of carboxylic acid groups (broad SMARTS) is 1. The molecule has 1 aliphatic heterocycles. The molecule has 0 bridgehead atoms. The fraction of sp³-hybridized carbons (Fsp3) is 0.250. The van der Waals surface area contributed by atoms with Gasteiger partial charge in [0.05, 0.1) is 28.3 Å². The minimum atomic E-state index is -4.43. The predicted octanol–water partition coefficient (Wildman–Crippen LogP) is 4.55. The van der Waals surface area contributed by atoms with Crippen molar-refractivity contribution in [3.8, 4) is 0 Å². The van der Waals surface area contributed by atoms with Gasteiger partial charge in [-0.3, -0.25) is 0 Å². The molecule has 7 heteroatoms. The summed E-state index contributed by atoms with van der Waals surface area (Å²) in [6, 6.07) is 7.64. The van der Waals surface area contributed by atoms with Crippen molar-refractivity contribution in [3.05, 3.63) is 75.8 Å². The number of aromatic carboxylic acids is 1. The van der Waals surface area contributed by atoms with Gasteiger partial charge in [-0.25, -0.2) is 0 Å². The Hall–Kier alpha value is -2.47. The molecule has 0 saturated heterocycles. The molecule has 0 aromatic heterocycles. The van der Waals surface area contributed by atoms with E-state index in [1.54, 1.807) is 6.07 Å². The highest BCUT2D eigenvalue weighted by Crippen LogP contribution is 2.52. The van der Waals surface area contributed by atoms with Crippen molar-refractivity contribution in [2.75, 3.05) is 5.32 Å². The summed E-state index contributed by atoms with van der Waals surface area (Å²) in [5.41, 5.74) is 0.790. The zero-order valence-electron chi connectivity index (χ0n) is 13.9. The Kier molecular flexibility index (Phi) is 4.18. The van der Waals surface area contributed by atoms with Gasteiger partial charge in [-0.15, -0.1) is 0 Å². The Bertz CT molecular complexity index is 955. The van der Waals surface area contributed by atoms with Gasteiger partial charge in [-0.2, -0.15) is 13.2 Å². The van der Waals surface area contributed by atoms with Gasteiger partial charge in [0.1, 0.15) is 0 Å². The Morgan fingerprint density at radius 3 is 2.70 bits per heavy atom. The lowest BCUT2D eigenvalue weighted by molar-refractivity contribution is -0.255. The second kappa shape index (κ2) is 6.30. The number of rotatable bonds is 2. The first-order valence-corrected chi connectivity index (χ1v) is 8.79. The van der Waals surface area contributed by atoms with Crippen LogP contribution in [0.4, 0.5) is 18.9 Å². The van der Waals surface area contributed by atoms with Crippen molar-refractivity contribution < 1.29 is 23.1 Å². The average Bonchev–Trinajstić information content (AvgIpc) is 3.10. The molecule has 1 aliphatic carbocycles. The number of carboxylic acids is 1. The third kappa shape index (κ3) is 2.98. The first-order chi connectivity index (χ1) is 12.8. The van der Waals surface area contributed by atoms with Crippen LogP contribution in [0.15, 0.2) is 48.6 Å². The Morgan fingerprint density at radius 1 is 1.22 bits per heavy atom. The predicted molar refractivity (Wildman–Crippen MR) is 93.6 cm³/mol. The van der Waals surface area contributed by atoms with Gasteiger partial charge in [0.2, 0.25) is 0 Å². The van der Waals surface area contributed by atoms with Crippen LogP contribution in [0.3, 0.4) is 0 Å². The SMILES string of the molecule is O=C([O-])c1ccc(Cl)c2c1[C@H]1C=CC[C@H]1[C@H](c1cccc(C(F)(F)F)c1)N2. The summed E-state index contributed by atoms with van der Waals surface area (Å²) >= 11 is 6.29. The zero-order valence-corrected chi connectivity index (χ0v) is 14.6. The number of allylic oxidation sites excluding steroid dienone is 2.